The summed E-state index contributed by atoms with van der Waals surface area (Å²) < 4.78 is 10.00. The minimum Gasteiger partial charge on any atom is -0.512 e. The Balaban J connectivity index is 1.59. The second kappa shape index (κ2) is 6.46. The quantitative estimate of drug-likeness (QED) is 0.847. The highest BCUT2D eigenvalue weighted by Crippen LogP contribution is 2.37. The van der Waals surface area contributed by atoms with E-state index < -0.39 is 5.97 Å². The number of hydrogen-bond acceptors (Lipinski definition) is 5. The Morgan fingerprint density at radius 3 is 2.91 bits per heavy atom. The van der Waals surface area contributed by atoms with Gasteiger partial charge in [-0.1, -0.05) is 12.1 Å². The van der Waals surface area contributed by atoms with Crippen LogP contribution in [0.2, 0.25) is 0 Å². The molecule has 5 heteroatoms. The van der Waals surface area contributed by atoms with Crippen molar-refractivity contribution in [2.45, 2.75) is 12.8 Å². The number of rotatable bonds is 5. The molecule has 0 saturated heterocycles. The van der Waals surface area contributed by atoms with E-state index in [0.717, 1.165) is 25.3 Å². The maximum absolute atomic E-state index is 11.7. The third kappa shape index (κ3) is 3.10. The van der Waals surface area contributed by atoms with Gasteiger partial charge >= 0.3 is 5.97 Å². The standard InChI is InChI=1S/C18H21NO4/c1-22-14-4-3-12-9-13(15(12)10-14)5-7-19-8-6-17(20)16(11-19)18(21)23-2/h3-4,9-10,20H,5-8,11H2,1-2H3. The van der Waals surface area contributed by atoms with Crippen LogP contribution in [0.15, 0.2) is 29.5 Å². The van der Waals surface area contributed by atoms with Crippen molar-refractivity contribution in [1.82, 2.24) is 4.90 Å². The maximum atomic E-state index is 11.7. The van der Waals surface area contributed by atoms with Crippen LogP contribution < -0.4 is 4.74 Å². The minimum atomic E-state index is -0.440. The predicted molar refractivity (Wildman–Crippen MR) is 88.2 cm³/mol. The minimum absolute atomic E-state index is 0.158. The van der Waals surface area contributed by atoms with Gasteiger partial charge in [0.05, 0.1) is 19.8 Å². The lowest BCUT2D eigenvalue weighted by atomic mass is 9.86. The van der Waals surface area contributed by atoms with E-state index in [2.05, 4.69) is 23.1 Å². The van der Waals surface area contributed by atoms with E-state index in [-0.39, 0.29) is 5.76 Å². The van der Waals surface area contributed by atoms with Crippen molar-refractivity contribution in [1.29, 1.82) is 0 Å². The lowest BCUT2D eigenvalue weighted by molar-refractivity contribution is -0.136. The fraction of sp³-hybridized carbons (Fsp3) is 0.389. The summed E-state index contributed by atoms with van der Waals surface area (Å²) >= 11 is 0. The molecule has 2 aliphatic rings. The molecule has 3 rings (SSSR count). The SMILES string of the molecule is COC(=O)C1=C(O)CCN(CCC2=Cc3ccc(OC)cc32)C1. The van der Waals surface area contributed by atoms with Gasteiger partial charge in [0.25, 0.3) is 0 Å². The Bertz CT molecular complexity index is 690. The van der Waals surface area contributed by atoms with Gasteiger partial charge in [-0.05, 0) is 35.3 Å². The zero-order valence-electron chi connectivity index (χ0n) is 13.5. The molecule has 1 aromatic carbocycles. The molecule has 1 aromatic rings. The molecule has 1 heterocycles. The van der Waals surface area contributed by atoms with Crippen LogP contribution in [0.25, 0.3) is 11.6 Å². The van der Waals surface area contributed by atoms with Gasteiger partial charge in [0, 0.05) is 26.1 Å². The zero-order valence-corrected chi connectivity index (χ0v) is 13.5. The van der Waals surface area contributed by atoms with E-state index in [4.69, 9.17) is 9.47 Å². The van der Waals surface area contributed by atoms with E-state index in [0.29, 0.717) is 18.5 Å². The average Bonchev–Trinajstić information content (AvgIpc) is 2.56. The van der Waals surface area contributed by atoms with Gasteiger partial charge in [0.15, 0.2) is 0 Å². The average molecular weight is 315 g/mol. The highest BCUT2D eigenvalue weighted by molar-refractivity contribution is 5.96. The van der Waals surface area contributed by atoms with E-state index in [1.165, 1.54) is 23.8 Å². The Morgan fingerprint density at radius 2 is 2.17 bits per heavy atom. The molecule has 0 amide bonds. The van der Waals surface area contributed by atoms with Gasteiger partial charge in [-0.25, -0.2) is 4.79 Å². The third-order valence-electron chi connectivity index (χ3n) is 4.46. The zero-order chi connectivity index (χ0) is 16.4. The fourth-order valence-electron chi connectivity index (χ4n) is 3.04. The van der Waals surface area contributed by atoms with Crippen LogP contribution in [0, 0.1) is 0 Å². The van der Waals surface area contributed by atoms with Crippen LogP contribution in [0.3, 0.4) is 0 Å². The Hall–Kier alpha value is -2.27. The number of aliphatic hydroxyl groups is 1. The molecular formula is C18H21NO4. The summed E-state index contributed by atoms with van der Waals surface area (Å²) in [6.45, 7) is 2.04. The topological polar surface area (TPSA) is 59.0 Å². The predicted octanol–water partition coefficient (Wildman–Crippen LogP) is 2.63. The van der Waals surface area contributed by atoms with Gasteiger partial charge in [-0.3, -0.25) is 4.90 Å². The number of nitrogens with zero attached hydrogens (tertiary/aromatic N) is 1. The molecule has 5 nitrogen and oxygen atoms in total. The number of hydrogen-bond donors (Lipinski definition) is 1. The van der Waals surface area contributed by atoms with Crippen molar-refractivity contribution in [2.24, 2.45) is 0 Å². The summed E-state index contributed by atoms with van der Waals surface area (Å²) in [5.74, 6) is 0.587. The molecule has 122 valence electrons. The summed E-state index contributed by atoms with van der Waals surface area (Å²) in [4.78, 5) is 13.8. The third-order valence-corrected chi connectivity index (χ3v) is 4.46. The van der Waals surface area contributed by atoms with Crippen molar-refractivity contribution in [2.75, 3.05) is 33.9 Å². The number of fused-ring (bicyclic) bond motifs is 1. The molecule has 0 atom stereocenters. The molecule has 1 N–H and O–H groups in total. The van der Waals surface area contributed by atoms with Gasteiger partial charge in [-0.2, -0.15) is 0 Å². The summed E-state index contributed by atoms with van der Waals surface area (Å²) in [5, 5.41) is 9.84. The summed E-state index contributed by atoms with van der Waals surface area (Å²) in [7, 11) is 3.01. The number of methoxy groups -OCH3 is 2. The highest BCUT2D eigenvalue weighted by atomic mass is 16.5. The molecule has 0 saturated carbocycles. The number of aliphatic hydroxyl groups excluding tert-OH is 1. The largest absolute Gasteiger partial charge is 0.512 e. The molecule has 0 aromatic heterocycles. The van der Waals surface area contributed by atoms with E-state index in [1.54, 1.807) is 7.11 Å². The van der Waals surface area contributed by atoms with Gasteiger partial charge in [-0.15, -0.1) is 0 Å². The second-order valence-corrected chi connectivity index (χ2v) is 5.82. The Labute approximate surface area is 135 Å². The van der Waals surface area contributed by atoms with E-state index >= 15 is 0 Å². The number of ether oxygens (including phenoxy) is 2. The lowest BCUT2D eigenvalue weighted by Crippen LogP contribution is -2.35. The fourth-order valence-corrected chi connectivity index (χ4v) is 3.04. The molecule has 0 unspecified atom stereocenters. The maximum Gasteiger partial charge on any atom is 0.338 e. The number of esters is 1. The first-order chi connectivity index (χ1) is 11.1. The highest BCUT2D eigenvalue weighted by Gasteiger charge is 2.25. The van der Waals surface area contributed by atoms with Crippen molar-refractivity contribution < 1.29 is 19.4 Å². The molecule has 0 bridgehead atoms. The first-order valence-electron chi connectivity index (χ1n) is 7.73. The Morgan fingerprint density at radius 1 is 1.35 bits per heavy atom. The lowest BCUT2D eigenvalue weighted by Gasteiger charge is -2.29. The van der Waals surface area contributed by atoms with Crippen LogP contribution in [0.5, 0.6) is 5.75 Å². The van der Waals surface area contributed by atoms with E-state index in [9.17, 15) is 9.90 Å². The van der Waals surface area contributed by atoms with Gasteiger partial charge in [0.2, 0.25) is 0 Å². The van der Waals surface area contributed by atoms with E-state index in [1.807, 2.05) is 6.07 Å². The first-order valence-corrected chi connectivity index (χ1v) is 7.73. The van der Waals surface area contributed by atoms with Crippen LogP contribution in [0.4, 0.5) is 0 Å². The monoisotopic (exact) mass is 315 g/mol. The van der Waals surface area contributed by atoms with Crippen LogP contribution >= 0.6 is 0 Å². The molecule has 0 radical (unpaired) electrons. The van der Waals surface area contributed by atoms with Gasteiger partial charge in [0.1, 0.15) is 11.5 Å². The van der Waals surface area contributed by atoms with Crippen molar-refractivity contribution >= 4 is 17.6 Å². The van der Waals surface area contributed by atoms with Gasteiger partial charge < -0.3 is 14.6 Å². The van der Waals surface area contributed by atoms with Crippen LogP contribution in [0.1, 0.15) is 24.0 Å². The number of carbonyl (C=O) groups excluding carboxylic acids is 1. The van der Waals surface area contributed by atoms with Crippen molar-refractivity contribution in [3.05, 3.63) is 40.7 Å². The molecule has 0 spiro atoms. The van der Waals surface area contributed by atoms with Crippen molar-refractivity contribution in [3.8, 4) is 5.75 Å². The molecular weight excluding hydrogens is 294 g/mol. The van der Waals surface area contributed by atoms with Crippen LogP contribution in [-0.4, -0.2) is 49.8 Å². The van der Waals surface area contributed by atoms with Crippen LogP contribution in [-0.2, 0) is 9.53 Å². The molecule has 1 aliphatic heterocycles. The summed E-state index contributed by atoms with van der Waals surface area (Å²) in [5.41, 5.74) is 4.17. The Kier molecular flexibility index (Phi) is 4.39. The van der Waals surface area contributed by atoms with Crippen molar-refractivity contribution in [3.63, 3.8) is 0 Å². The molecule has 23 heavy (non-hydrogen) atoms. The summed E-state index contributed by atoms with van der Waals surface area (Å²) in [6, 6.07) is 6.09. The number of carbonyl (C=O) groups is 1. The first kappa shape index (κ1) is 15.6. The molecule has 1 aliphatic carbocycles. The summed E-state index contributed by atoms with van der Waals surface area (Å²) in [6.07, 6.45) is 3.59. The number of benzene rings is 1. The normalized spacial score (nSPS) is 17.2. The molecule has 0 fully saturated rings. The smallest absolute Gasteiger partial charge is 0.338 e. The second-order valence-electron chi connectivity index (χ2n) is 5.82.